The topological polar surface area (TPSA) is 118 Å². The summed E-state index contributed by atoms with van der Waals surface area (Å²) in [5, 5.41) is 22.1. The van der Waals surface area contributed by atoms with Crippen molar-refractivity contribution in [2.24, 2.45) is 5.11 Å². The molecule has 0 saturated carbocycles. The lowest BCUT2D eigenvalue weighted by Crippen LogP contribution is -2.22. The highest BCUT2D eigenvalue weighted by atomic mass is 16.3. The molecule has 1 aromatic heterocycles. The van der Waals surface area contributed by atoms with E-state index in [2.05, 4.69) is 20.0 Å². The highest BCUT2D eigenvalue weighted by Gasteiger charge is 2.21. The Morgan fingerprint density at radius 3 is 2.93 bits per heavy atom. The molecule has 76 valence electrons. The zero-order chi connectivity index (χ0) is 10.6. The maximum absolute atomic E-state index is 9.57. The molecule has 2 atom stereocenters. The Kier molecular flexibility index (Phi) is 3.47. The number of nitrogens with zero attached hydrogens (tertiary/aromatic N) is 4. The van der Waals surface area contributed by atoms with Crippen LogP contribution in [0.25, 0.3) is 10.4 Å². The summed E-state index contributed by atoms with van der Waals surface area (Å²) >= 11 is 0. The van der Waals surface area contributed by atoms with Gasteiger partial charge in [-0.3, -0.25) is 0 Å². The average molecular weight is 197 g/mol. The molecule has 0 saturated heterocycles. The van der Waals surface area contributed by atoms with Crippen molar-refractivity contribution in [1.82, 2.24) is 9.97 Å². The Hall–Kier alpha value is -1.56. The lowest BCUT2D eigenvalue weighted by molar-refractivity contribution is 0.0216. The van der Waals surface area contributed by atoms with Gasteiger partial charge in [0.1, 0.15) is 6.10 Å². The number of H-pyrrole nitrogens is 1. The Morgan fingerprint density at radius 1 is 1.71 bits per heavy atom. The summed E-state index contributed by atoms with van der Waals surface area (Å²) in [7, 11) is 0. The van der Waals surface area contributed by atoms with Crippen molar-refractivity contribution in [2.45, 2.75) is 19.1 Å². The van der Waals surface area contributed by atoms with E-state index in [1.807, 2.05) is 0 Å². The fourth-order valence-corrected chi connectivity index (χ4v) is 1.07. The quantitative estimate of drug-likeness (QED) is 0.368. The van der Waals surface area contributed by atoms with Gasteiger partial charge in [0.15, 0.2) is 0 Å². The molecule has 0 bridgehead atoms. The van der Waals surface area contributed by atoms with Gasteiger partial charge in [0.05, 0.1) is 24.7 Å². The Labute approximate surface area is 80.0 Å². The summed E-state index contributed by atoms with van der Waals surface area (Å²) in [5.74, 6) is 0. The first-order valence-corrected chi connectivity index (χ1v) is 4.03. The van der Waals surface area contributed by atoms with E-state index in [1.165, 1.54) is 6.33 Å². The van der Waals surface area contributed by atoms with Crippen LogP contribution in [-0.2, 0) is 0 Å². The van der Waals surface area contributed by atoms with Crippen LogP contribution < -0.4 is 0 Å². The third kappa shape index (κ3) is 2.23. The molecule has 1 aromatic rings. The minimum atomic E-state index is -1.13. The van der Waals surface area contributed by atoms with Gasteiger partial charge >= 0.3 is 0 Å². The van der Waals surface area contributed by atoms with Crippen molar-refractivity contribution >= 4 is 0 Å². The highest BCUT2D eigenvalue weighted by molar-refractivity contribution is 5.13. The van der Waals surface area contributed by atoms with Gasteiger partial charge in [-0.05, 0) is 12.5 Å². The zero-order valence-electron chi connectivity index (χ0n) is 7.62. The van der Waals surface area contributed by atoms with Crippen LogP contribution in [0, 0.1) is 6.92 Å². The molecule has 7 heteroatoms. The Balaban J connectivity index is 2.69. The van der Waals surface area contributed by atoms with Crippen molar-refractivity contribution in [1.29, 1.82) is 0 Å². The number of aliphatic hydroxyl groups excluding tert-OH is 2. The molecule has 3 N–H and O–H groups in total. The second kappa shape index (κ2) is 4.61. The minimum absolute atomic E-state index is 0.177. The largest absolute Gasteiger partial charge is 0.390 e. The van der Waals surface area contributed by atoms with Crippen LogP contribution in [0.1, 0.15) is 17.5 Å². The molecule has 0 aliphatic rings. The normalized spacial score (nSPS) is 14.5. The summed E-state index contributed by atoms with van der Waals surface area (Å²) < 4.78 is 0. The summed E-state index contributed by atoms with van der Waals surface area (Å²) in [6, 6.07) is 0. The molecule has 1 rings (SSSR count). The first-order chi connectivity index (χ1) is 6.66. The monoisotopic (exact) mass is 197 g/mol. The van der Waals surface area contributed by atoms with Crippen molar-refractivity contribution in [3.8, 4) is 0 Å². The second-order valence-electron chi connectivity index (χ2n) is 2.84. The third-order valence-electron chi connectivity index (χ3n) is 1.85. The Bertz CT molecular complexity index is 344. The molecule has 0 aromatic carbocycles. The molecule has 7 nitrogen and oxygen atoms in total. The summed E-state index contributed by atoms with van der Waals surface area (Å²) in [6.45, 7) is 1.55. The number of hydrogen-bond donors (Lipinski definition) is 3. The van der Waals surface area contributed by atoms with Gasteiger partial charge in [0, 0.05) is 10.6 Å². The van der Waals surface area contributed by atoms with E-state index in [0.717, 1.165) is 0 Å². The number of hydrogen-bond acceptors (Lipinski definition) is 4. The lowest BCUT2D eigenvalue weighted by Gasteiger charge is -2.14. The maximum Gasteiger partial charge on any atom is 0.124 e. The molecule has 0 aliphatic carbocycles. The van der Waals surface area contributed by atoms with E-state index < -0.39 is 12.2 Å². The van der Waals surface area contributed by atoms with E-state index in [-0.39, 0.29) is 6.54 Å². The SMILES string of the molecule is Cc1[nH]cnc1C(O)C(O)CN=[N+]=[N-]. The predicted octanol–water partition coefficient (Wildman–Crippen LogP) is 0.423. The van der Waals surface area contributed by atoms with E-state index in [4.69, 9.17) is 5.53 Å². The Morgan fingerprint density at radius 2 is 2.43 bits per heavy atom. The molecule has 0 fully saturated rings. The second-order valence-corrected chi connectivity index (χ2v) is 2.84. The standard InChI is InChI=1S/C7H11N5O2/c1-4-6(10-3-9-4)7(14)5(13)2-11-12-8/h3,5,7,13-14H,2H2,1H3,(H,9,10). The molecule has 2 unspecified atom stereocenters. The number of azide groups is 1. The number of aliphatic hydroxyl groups is 2. The molecule has 14 heavy (non-hydrogen) atoms. The number of aromatic amines is 1. The van der Waals surface area contributed by atoms with Gasteiger partial charge in [0.2, 0.25) is 0 Å². The zero-order valence-corrected chi connectivity index (χ0v) is 7.62. The lowest BCUT2D eigenvalue weighted by atomic mass is 10.1. The smallest absolute Gasteiger partial charge is 0.124 e. The van der Waals surface area contributed by atoms with Gasteiger partial charge in [-0.1, -0.05) is 5.11 Å². The van der Waals surface area contributed by atoms with E-state index in [0.29, 0.717) is 11.4 Å². The average Bonchev–Trinajstić information content (AvgIpc) is 2.59. The van der Waals surface area contributed by atoms with E-state index >= 15 is 0 Å². The molecule has 0 spiro atoms. The molecule has 0 radical (unpaired) electrons. The summed E-state index contributed by atoms with van der Waals surface area (Å²) in [6.07, 6.45) is -0.839. The summed E-state index contributed by atoms with van der Waals surface area (Å²) in [4.78, 5) is 9.11. The molecular weight excluding hydrogens is 186 g/mol. The molecular formula is C7H11N5O2. The van der Waals surface area contributed by atoms with E-state index in [9.17, 15) is 10.2 Å². The predicted molar refractivity (Wildman–Crippen MR) is 48.3 cm³/mol. The third-order valence-corrected chi connectivity index (χ3v) is 1.85. The maximum atomic E-state index is 9.57. The van der Waals surface area contributed by atoms with Crippen LogP contribution in [-0.4, -0.2) is 32.8 Å². The van der Waals surface area contributed by atoms with E-state index in [1.54, 1.807) is 6.92 Å². The fraction of sp³-hybridized carbons (Fsp3) is 0.571. The van der Waals surface area contributed by atoms with Gasteiger partial charge in [-0.2, -0.15) is 0 Å². The summed E-state index contributed by atoms with van der Waals surface area (Å²) in [5.41, 5.74) is 9.07. The van der Waals surface area contributed by atoms with Crippen molar-refractivity contribution < 1.29 is 10.2 Å². The number of aromatic nitrogens is 2. The fourth-order valence-electron chi connectivity index (χ4n) is 1.07. The number of rotatable bonds is 4. The van der Waals surface area contributed by atoms with Crippen molar-refractivity contribution in [2.75, 3.05) is 6.54 Å². The number of nitrogens with one attached hydrogen (secondary N) is 1. The van der Waals surface area contributed by atoms with Crippen molar-refractivity contribution in [3.05, 3.63) is 28.2 Å². The molecule has 0 aliphatic heterocycles. The van der Waals surface area contributed by atoms with Gasteiger partial charge in [-0.25, -0.2) is 4.98 Å². The van der Waals surface area contributed by atoms with Crippen LogP contribution in [0.15, 0.2) is 11.4 Å². The van der Waals surface area contributed by atoms with Crippen LogP contribution in [0.3, 0.4) is 0 Å². The minimum Gasteiger partial charge on any atom is -0.390 e. The molecule has 0 amide bonds. The molecule has 1 heterocycles. The van der Waals surface area contributed by atoms with Gasteiger partial charge in [-0.15, -0.1) is 0 Å². The highest BCUT2D eigenvalue weighted by Crippen LogP contribution is 2.17. The van der Waals surface area contributed by atoms with Gasteiger partial charge < -0.3 is 15.2 Å². The first kappa shape index (κ1) is 10.5. The van der Waals surface area contributed by atoms with Gasteiger partial charge in [0.25, 0.3) is 0 Å². The first-order valence-electron chi connectivity index (χ1n) is 4.03. The van der Waals surface area contributed by atoms with Crippen LogP contribution in [0.2, 0.25) is 0 Å². The van der Waals surface area contributed by atoms with Crippen LogP contribution in [0.4, 0.5) is 0 Å². The van der Waals surface area contributed by atoms with Crippen LogP contribution in [0.5, 0.6) is 0 Å². The number of aryl methyl sites for hydroxylation is 1. The van der Waals surface area contributed by atoms with Crippen LogP contribution >= 0.6 is 0 Å². The number of imidazole rings is 1. The van der Waals surface area contributed by atoms with Crippen molar-refractivity contribution in [3.63, 3.8) is 0 Å².